The van der Waals surface area contributed by atoms with Crippen LogP contribution in [0.1, 0.15) is 20.3 Å². The third-order valence-electron chi connectivity index (χ3n) is 1.82. The highest BCUT2D eigenvalue weighted by Gasteiger charge is 2.21. The molecule has 0 saturated carbocycles. The van der Waals surface area contributed by atoms with E-state index in [1.54, 1.807) is 0 Å². The lowest BCUT2D eigenvalue weighted by Crippen LogP contribution is -2.43. The number of carboxylic acids is 1. The molecule has 90 valence electrons. The van der Waals surface area contributed by atoms with Crippen LogP contribution in [0, 0.1) is 5.92 Å². The monoisotopic (exact) mass is 218 g/mol. The highest BCUT2D eigenvalue weighted by atomic mass is 16.5. The van der Waals surface area contributed by atoms with E-state index >= 15 is 0 Å². The molecule has 1 atom stereocenters. The standard InChI is InChI=1S/C11H23NO3/c1-9(2)8-15-10(6-11(13)14)7-12(3,4)5/h9-10H,6-8H2,1-5H3/p+1/t10-/m0/s1. The highest BCUT2D eigenvalue weighted by Crippen LogP contribution is 2.07. The fourth-order valence-electron chi connectivity index (χ4n) is 1.31. The fourth-order valence-corrected chi connectivity index (χ4v) is 1.31. The number of ether oxygens (including phenoxy) is 1. The van der Waals surface area contributed by atoms with E-state index in [2.05, 4.69) is 13.8 Å². The summed E-state index contributed by atoms with van der Waals surface area (Å²) in [7, 11) is 6.11. The van der Waals surface area contributed by atoms with Crippen LogP contribution in [-0.2, 0) is 9.53 Å². The first-order valence-corrected chi connectivity index (χ1v) is 5.34. The number of hydrogen-bond donors (Lipinski definition) is 1. The van der Waals surface area contributed by atoms with E-state index in [0.717, 1.165) is 11.0 Å². The van der Waals surface area contributed by atoms with Crippen molar-refractivity contribution in [3.63, 3.8) is 0 Å². The van der Waals surface area contributed by atoms with E-state index in [0.29, 0.717) is 12.5 Å². The van der Waals surface area contributed by atoms with Crippen molar-refractivity contribution in [2.75, 3.05) is 34.3 Å². The van der Waals surface area contributed by atoms with E-state index in [4.69, 9.17) is 9.84 Å². The molecule has 0 fully saturated rings. The molecule has 0 rings (SSSR count). The molecule has 0 aromatic heterocycles. The Morgan fingerprint density at radius 2 is 1.87 bits per heavy atom. The smallest absolute Gasteiger partial charge is 0.306 e. The third kappa shape index (κ3) is 9.69. The Bertz CT molecular complexity index is 196. The van der Waals surface area contributed by atoms with Gasteiger partial charge in [0.1, 0.15) is 12.6 Å². The molecule has 15 heavy (non-hydrogen) atoms. The summed E-state index contributed by atoms with van der Waals surface area (Å²) in [5, 5.41) is 8.76. The van der Waals surface area contributed by atoms with Crippen molar-refractivity contribution < 1.29 is 19.1 Å². The third-order valence-corrected chi connectivity index (χ3v) is 1.82. The van der Waals surface area contributed by atoms with E-state index < -0.39 is 5.97 Å². The molecule has 0 saturated heterocycles. The van der Waals surface area contributed by atoms with Gasteiger partial charge in [0.05, 0.1) is 27.6 Å². The minimum atomic E-state index is -0.794. The summed E-state index contributed by atoms with van der Waals surface area (Å²) in [5.41, 5.74) is 0. The second-order valence-corrected chi connectivity index (χ2v) is 5.42. The molecule has 0 heterocycles. The average Bonchev–Trinajstić information content (AvgIpc) is 1.95. The Hall–Kier alpha value is -0.610. The van der Waals surface area contributed by atoms with Gasteiger partial charge in [0.15, 0.2) is 0 Å². The summed E-state index contributed by atoms with van der Waals surface area (Å²) in [6, 6.07) is 0. The maximum absolute atomic E-state index is 10.7. The Morgan fingerprint density at radius 1 is 1.33 bits per heavy atom. The Labute approximate surface area is 92.4 Å². The first kappa shape index (κ1) is 14.4. The molecule has 0 radical (unpaired) electrons. The van der Waals surface area contributed by atoms with Crippen LogP contribution in [0.3, 0.4) is 0 Å². The number of hydrogen-bond acceptors (Lipinski definition) is 2. The lowest BCUT2D eigenvalue weighted by atomic mass is 10.2. The lowest BCUT2D eigenvalue weighted by Gasteiger charge is -2.29. The van der Waals surface area contributed by atoms with Crippen LogP contribution >= 0.6 is 0 Å². The van der Waals surface area contributed by atoms with Crippen LogP contribution < -0.4 is 0 Å². The molecule has 4 heteroatoms. The van der Waals surface area contributed by atoms with Crippen LogP contribution in [0.4, 0.5) is 0 Å². The van der Waals surface area contributed by atoms with Crippen molar-refractivity contribution in [2.45, 2.75) is 26.4 Å². The molecule has 0 spiro atoms. The average molecular weight is 218 g/mol. The van der Waals surface area contributed by atoms with Gasteiger partial charge in [0.2, 0.25) is 0 Å². The molecule has 1 N–H and O–H groups in total. The zero-order chi connectivity index (χ0) is 12.1. The topological polar surface area (TPSA) is 46.5 Å². The summed E-state index contributed by atoms with van der Waals surface area (Å²) in [6.07, 6.45) is -0.104. The largest absolute Gasteiger partial charge is 0.481 e. The first-order valence-electron chi connectivity index (χ1n) is 5.34. The number of likely N-dealkylation sites (N-methyl/N-ethyl adjacent to an activating group) is 1. The summed E-state index contributed by atoms with van der Waals surface area (Å²) >= 11 is 0. The Kier molecular flexibility index (Phi) is 5.83. The molecule has 0 bridgehead atoms. The molecule has 0 amide bonds. The quantitative estimate of drug-likeness (QED) is 0.653. The van der Waals surface area contributed by atoms with Crippen molar-refractivity contribution in [3.8, 4) is 0 Å². The molecule has 0 aliphatic heterocycles. The van der Waals surface area contributed by atoms with Crippen molar-refractivity contribution in [3.05, 3.63) is 0 Å². The zero-order valence-corrected chi connectivity index (χ0v) is 10.5. The van der Waals surface area contributed by atoms with Crippen LogP contribution in [0.2, 0.25) is 0 Å². The fraction of sp³-hybridized carbons (Fsp3) is 0.909. The zero-order valence-electron chi connectivity index (χ0n) is 10.5. The van der Waals surface area contributed by atoms with Gasteiger partial charge in [0.25, 0.3) is 0 Å². The van der Waals surface area contributed by atoms with Gasteiger partial charge >= 0.3 is 5.97 Å². The number of quaternary nitrogens is 1. The maximum atomic E-state index is 10.7. The lowest BCUT2D eigenvalue weighted by molar-refractivity contribution is -0.873. The summed E-state index contributed by atoms with van der Waals surface area (Å²) < 4.78 is 6.31. The Balaban J connectivity index is 4.12. The second-order valence-electron chi connectivity index (χ2n) is 5.42. The molecular formula is C11H24NO3+. The summed E-state index contributed by atoms with van der Waals surface area (Å²) in [4.78, 5) is 10.7. The number of aliphatic carboxylic acids is 1. The number of nitrogens with zero attached hydrogens (tertiary/aromatic N) is 1. The van der Waals surface area contributed by atoms with Gasteiger partial charge < -0.3 is 14.3 Å². The minimum absolute atomic E-state index is 0.0856. The molecule has 0 aliphatic rings. The number of rotatable bonds is 7. The van der Waals surface area contributed by atoms with Crippen molar-refractivity contribution in [1.82, 2.24) is 0 Å². The van der Waals surface area contributed by atoms with E-state index in [1.165, 1.54) is 0 Å². The van der Waals surface area contributed by atoms with Crippen molar-refractivity contribution in [2.24, 2.45) is 5.92 Å². The van der Waals surface area contributed by atoms with Crippen LogP contribution in [0.5, 0.6) is 0 Å². The first-order chi connectivity index (χ1) is 6.70. The highest BCUT2D eigenvalue weighted by molar-refractivity contribution is 5.67. The SMILES string of the molecule is CC(C)CO[C@@H](CC(=O)O)C[N+](C)(C)C. The molecule has 0 unspecified atom stereocenters. The van der Waals surface area contributed by atoms with E-state index in [-0.39, 0.29) is 12.5 Å². The van der Waals surface area contributed by atoms with Gasteiger partial charge in [-0.15, -0.1) is 0 Å². The van der Waals surface area contributed by atoms with Crippen molar-refractivity contribution in [1.29, 1.82) is 0 Å². The predicted octanol–water partition coefficient (Wildman–Crippen LogP) is 1.21. The molecule has 0 aromatic carbocycles. The molecule has 4 nitrogen and oxygen atoms in total. The normalized spacial score (nSPS) is 14.3. The predicted molar refractivity (Wildman–Crippen MR) is 59.7 cm³/mol. The van der Waals surface area contributed by atoms with Crippen LogP contribution in [0.15, 0.2) is 0 Å². The van der Waals surface area contributed by atoms with Gasteiger partial charge in [-0.05, 0) is 5.92 Å². The van der Waals surface area contributed by atoms with E-state index in [1.807, 2.05) is 21.1 Å². The molecule has 0 aromatic rings. The summed E-state index contributed by atoms with van der Waals surface area (Å²) in [5.74, 6) is -0.356. The van der Waals surface area contributed by atoms with Crippen molar-refractivity contribution >= 4 is 5.97 Å². The van der Waals surface area contributed by atoms with Crippen LogP contribution in [-0.4, -0.2) is 56.0 Å². The van der Waals surface area contributed by atoms with Gasteiger partial charge in [-0.25, -0.2) is 0 Å². The maximum Gasteiger partial charge on any atom is 0.306 e. The number of carbonyl (C=O) groups is 1. The van der Waals surface area contributed by atoms with Gasteiger partial charge in [-0.3, -0.25) is 4.79 Å². The van der Waals surface area contributed by atoms with Gasteiger partial charge in [-0.2, -0.15) is 0 Å². The van der Waals surface area contributed by atoms with Gasteiger partial charge in [-0.1, -0.05) is 13.8 Å². The van der Waals surface area contributed by atoms with E-state index in [9.17, 15) is 4.79 Å². The van der Waals surface area contributed by atoms with Gasteiger partial charge in [0, 0.05) is 6.61 Å². The minimum Gasteiger partial charge on any atom is -0.481 e. The Morgan fingerprint density at radius 3 is 2.20 bits per heavy atom. The molecule has 0 aliphatic carbocycles. The molecular weight excluding hydrogens is 194 g/mol. The number of carboxylic acid groups (broad SMARTS) is 1. The second kappa shape index (κ2) is 6.08. The summed E-state index contributed by atoms with van der Waals surface area (Å²) in [6.45, 7) is 5.46. The van der Waals surface area contributed by atoms with Crippen LogP contribution in [0.25, 0.3) is 0 Å².